The highest BCUT2D eigenvalue weighted by Crippen LogP contribution is 2.37. The summed E-state index contributed by atoms with van der Waals surface area (Å²) in [6, 6.07) is 5.99. The quantitative estimate of drug-likeness (QED) is 0.246. The predicted molar refractivity (Wildman–Crippen MR) is 153 cm³/mol. The number of hydrogen-bond acceptors (Lipinski definition) is 10. The van der Waals surface area contributed by atoms with Gasteiger partial charge in [0, 0.05) is 55.5 Å². The van der Waals surface area contributed by atoms with Gasteiger partial charge in [-0.2, -0.15) is 0 Å². The van der Waals surface area contributed by atoms with Gasteiger partial charge < -0.3 is 25.3 Å². The zero-order chi connectivity index (χ0) is 27.5. The van der Waals surface area contributed by atoms with E-state index in [0.717, 1.165) is 76.1 Å². The number of fused-ring (bicyclic) bond motifs is 2. The highest BCUT2D eigenvalue weighted by Gasteiger charge is 2.25. The van der Waals surface area contributed by atoms with Crippen LogP contribution in [0.5, 0.6) is 5.75 Å². The summed E-state index contributed by atoms with van der Waals surface area (Å²) in [5, 5.41) is 4.22. The minimum Gasteiger partial charge on any atom is -0.487 e. The van der Waals surface area contributed by atoms with Crippen LogP contribution >= 0.6 is 0 Å². The lowest BCUT2D eigenvalue weighted by atomic mass is 10.1. The molecule has 11 nitrogen and oxygen atoms in total. The van der Waals surface area contributed by atoms with Crippen molar-refractivity contribution in [3.8, 4) is 11.4 Å². The first-order chi connectivity index (χ1) is 19.6. The van der Waals surface area contributed by atoms with Crippen LogP contribution in [0.2, 0.25) is 0 Å². The molecule has 5 aromatic heterocycles. The zero-order valence-corrected chi connectivity index (χ0v) is 22.6. The summed E-state index contributed by atoms with van der Waals surface area (Å²) < 4.78 is 19.3. The average Bonchev–Trinajstić information content (AvgIpc) is 3.65. The molecule has 0 radical (unpaired) electrons. The van der Waals surface area contributed by atoms with Gasteiger partial charge in [-0.25, -0.2) is 15.0 Å². The molecular weight excluding hydrogens is 508 g/mol. The van der Waals surface area contributed by atoms with E-state index in [1.165, 1.54) is 6.33 Å². The smallest absolute Gasteiger partial charge is 0.150 e. The van der Waals surface area contributed by atoms with Gasteiger partial charge in [0.2, 0.25) is 0 Å². The molecule has 40 heavy (non-hydrogen) atoms. The lowest BCUT2D eigenvalue weighted by Gasteiger charge is -2.12. The summed E-state index contributed by atoms with van der Waals surface area (Å²) in [6.07, 6.45) is 11.6. The van der Waals surface area contributed by atoms with Crippen LogP contribution in [0.25, 0.3) is 27.8 Å². The van der Waals surface area contributed by atoms with Crippen molar-refractivity contribution in [1.82, 2.24) is 29.5 Å². The van der Waals surface area contributed by atoms with Crippen molar-refractivity contribution in [2.24, 2.45) is 0 Å². The van der Waals surface area contributed by atoms with Crippen LogP contribution in [-0.2, 0) is 22.5 Å². The molecule has 11 heteroatoms. The van der Waals surface area contributed by atoms with Crippen molar-refractivity contribution in [2.45, 2.75) is 38.9 Å². The lowest BCUT2D eigenvalue weighted by Crippen LogP contribution is -2.09. The van der Waals surface area contributed by atoms with Crippen LogP contribution < -0.4 is 15.8 Å². The largest absolute Gasteiger partial charge is 0.487 e. The molecule has 1 atom stereocenters. The Balaban J connectivity index is 1.26. The molecule has 0 amide bonds. The zero-order valence-electron chi connectivity index (χ0n) is 22.6. The Morgan fingerprint density at radius 2 is 2.08 bits per heavy atom. The van der Waals surface area contributed by atoms with Gasteiger partial charge in [0.1, 0.15) is 35.7 Å². The third-order valence-corrected chi connectivity index (χ3v) is 7.04. The number of nitrogens with zero attached hydrogens (tertiary/aromatic N) is 6. The Morgan fingerprint density at radius 3 is 2.90 bits per heavy atom. The number of anilines is 2. The van der Waals surface area contributed by atoms with Gasteiger partial charge >= 0.3 is 0 Å². The summed E-state index contributed by atoms with van der Waals surface area (Å²) >= 11 is 0. The molecule has 5 aromatic rings. The first-order valence-corrected chi connectivity index (χ1v) is 13.5. The Morgan fingerprint density at radius 1 is 1.15 bits per heavy atom. The van der Waals surface area contributed by atoms with E-state index in [1.807, 2.05) is 29.0 Å². The van der Waals surface area contributed by atoms with Crippen molar-refractivity contribution in [1.29, 1.82) is 0 Å². The van der Waals surface area contributed by atoms with E-state index in [0.29, 0.717) is 31.3 Å². The van der Waals surface area contributed by atoms with E-state index < -0.39 is 0 Å². The normalized spacial score (nSPS) is 15.2. The number of aromatic nitrogens is 6. The standard InChI is InChI=1S/C29H32N8O3/c1-3-19-10-23(32-6-8-38-2)27-24(36-19)11-21(14-33-27)40-16-18-9-20(13-31-12-18)37-15-22(25-5-4-7-39-25)26-28(30)34-17-35-29(26)37/h9-15,17,25H,3-8,16H2,1-2H3,(H,32,36)(H2,30,34,35)/t25-/m1/s1. The Hall–Kier alpha value is -4.35. The molecule has 1 aliphatic heterocycles. The highest BCUT2D eigenvalue weighted by molar-refractivity contribution is 5.91. The number of nitrogen functional groups attached to an aromatic ring is 1. The van der Waals surface area contributed by atoms with Gasteiger partial charge in [-0.1, -0.05) is 6.92 Å². The van der Waals surface area contributed by atoms with E-state index in [1.54, 1.807) is 25.7 Å². The molecule has 6 heterocycles. The molecule has 206 valence electrons. The number of rotatable bonds is 10. The van der Waals surface area contributed by atoms with Gasteiger partial charge in [-0.3, -0.25) is 14.5 Å². The first-order valence-electron chi connectivity index (χ1n) is 13.5. The summed E-state index contributed by atoms with van der Waals surface area (Å²) in [5.41, 5.74) is 13.3. The SMILES string of the molecule is CCc1cc(NCCOC)c2ncc(OCc3cncc(-n4cc([C@H]5CCCO5)c5c(N)ncnc54)c3)cc2n1. The van der Waals surface area contributed by atoms with Gasteiger partial charge in [0.25, 0.3) is 0 Å². The fourth-order valence-electron chi connectivity index (χ4n) is 5.06. The maximum atomic E-state index is 6.28. The second-order valence-electron chi connectivity index (χ2n) is 9.73. The summed E-state index contributed by atoms with van der Waals surface area (Å²) in [5.74, 6) is 1.08. The van der Waals surface area contributed by atoms with Gasteiger partial charge in [-0.15, -0.1) is 0 Å². The second kappa shape index (κ2) is 11.4. The third-order valence-electron chi connectivity index (χ3n) is 7.04. The molecule has 6 rings (SSSR count). The lowest BCUT2D eigenvalue weighted by molar-refractivity contribution is 0.113. The van der Waals surface area contributed by atoms with Crippen LogP contribution in [0.1, 0.15) is 42.7 Å². The number of aryl methyl sites for hydroxylation is 1. The van der Waals surface area contributed by atoms with Crippen LogP contribution in [0.4, 0.5) is 11.5 Å². The van der Waals surface area contributed by atoms with Gasteiger partial charge in [-0.05, 0) is 31.4 Å². The number of nitrogens with two attached hydrogens (primary N) is 1. The number of pyridine rings is 3. The molecule has 1 fully saturated rings. The minimum atomic E-state index is -0.0190. The van der Waals surface area contributed by atoms with Crippen LogP contribution in [0, 0.1) is 0 Å². The highest BCUT2D eigenvalue weighted by atomic mass is 16.5. The maximum absolute atomic E-state index is 6.28. The summed E-state index contributed by atoms with van der Waals surface area (Å²) in [4.78, 5) is 22.6. The van der Waals surface area contributed by atoms with E-state index >= 15 is 0 Å². The fraction of sp³-hybridized carbons (Fsp3) is 0.345. The van der Waals surface area contributed by atoms with Crippen molar-refractivity contribution in [3.63, 3.8) is 0 Å². The van der Waals surface area contributed by atoms with Crippen molar-refractivity contribution in [2.75, 3.05) is 37.9 Å². The van der Waals surface area contributed by atoms with E-state index in [4.69, 9.17) is 24.9 Å². The molecule has 1 saturated heterocycles. The number of hydrogen-bond donors (Lipinski definition) is 2. The molecule has 0 aliphatic carbocycles. The number of nitrogens with one attached hydrogen (secondary N) is 1. The number of ether oxygens (including phenoxy) is 3. The van der Waals surface area contributed by atoms with Gasteiger partial charge in [0.15, 0.2) is 0 Å². The van der Waals surface area contributed by atoms with E-state index in [2.05, 4.69) is 32.2 Å². The molecule has 0 bridgehead atoms. The Bertz CT molecular complexity index is 1650. The summed E-state index contributed by atoms with van der Waals surface area (Å²) in [7, 11) is 1.69. The molecule has 0 spiro atoms. The molecule has 0 saturated carbocycles. The van der Waals surface area contributed by atoms with Crippen LogP contribution in [0.15, 0.2) is 49.3 Å². The van der Waals surface area contributed by atoms with E-state index in [-0.39, 0.29) is 6.10 Å². The maximum Gasteiger partial charge on any atom is 0.150 e. The van der Waals surface area contributed by atoms with Crippen molar-refractivity contribution >= 4 is 33.6 Å². The van der Waals surface area contributed by atoms with Crippen LogP contribution in [0.3, 0.4) is 0 Å². The predicted octanol–water partition coefficient (Wildman–Crippen LogP) is 4.39. The molecule has 1 aliphatic rings. The Kier molecular flexibility index (Phi) is 7.39. The Labute approximate surface area is 231 Å². The molecular formula is C29H32N8O3. The topological polar surface area (TPSA) is 135 Å². The van der Waals surface area contributed by atoms with Gasteiger partial charge in [0.05, 0.1) is 47.4 Å². The minimum absolute atomic E-state index is 0.0190. The molecule has 0 aromatic carbocycles. The molecule has 3 N–H and O–H groups in total. The summed E-state index contributed by atoms with van der Waals surface area (Å²) in [6.45, 7) is 4.43. The molecule has 0 unspecified atom stereocenters. The first kappa shape index (κ1) is 25.9. The monoisotopic (exact) mass is 540 g/mol. The number of methoxy groups -OCH3 is 1. The van der Waals surface area contributed by atoms with Crippen LogP contribution in [-0.4, -0.2) is 56.4 Å². The second-order valence-corrected chi connectivity index (χ2v) is 9.73. The average molecular weight is 541 g/mol. The fourth-order valence-corrected chi connectivity index (χ4v) is 5.06. The van der Waals surface area contributed by atoms with Crippen molar-refractivity contribution in [3.05, 3.63) is 66.1 Å². The van der Waals surface area contributed by atoms with Crippen molar-refractivity contribution < 1.29 is 14.2 Å². The third kappa shape index (κ3) is 5.13. The van der Waals surface area contributed by atoms with E-state index in [9.17, 15) is 0 Å².